The van der Waals surface area contributed by atoms with E-state index in [0.29, 0.717) is 53.6 Å². The molecule has 4 aliphatic carbocycles. The predicted octanol–water partition coefficient (Wildman–Crippen LogP) is 6.95. The number of amides is 1. The van der Waals surface area contributed by atoms with E-state index in [4.69, 9.17) is 0 Å². The van der Waals surface area contributed by atoms with Crippen LogP contribution in [-0.2, 0) is 21.0 Å². The van der Waals surface area contributed by atoms with Crippen LogP contribution in [-0.4, -0.2) is 25.5 Å². The number of aliphatic hydroxyl groups excluding tert-OH is 1. The van der Waals surface area contributed by atoms with Gasteiger partial charge in [0.15, 0.2) is 0 Å². The van der Waals surface area contributed by atoms with Crippen molar-refractivity contribution in [2.75, 3.05) is 0 Å². The van der Waals surface area contributed by atoms with Gasteiger partial charge in [0.25, 0.3) is 10.0 Å². The first-order valence-electron chi connectivity index (χ1n) is 15.1. The summed E-state index contributed by atoms with van der Waals surface area (Å²) in [7, 11) is -4.25. The van der Waals surface area contributed by atoms with Gasteiger partial charge in [-0.1, -0.05) is 33.6 Å². The second-order valence-electron chi connectivity index (χ2n) is 13.8. The van der Waals surface area contributed by atoms with E-state index in [1.165, 1.54) is 25.7 Å². The Kier molecular flexibility index (Phi) is 7.90. The first-order valence-corrected chi connectivity index (χ1v) is 16.6. The minimum absolute atomic E-state index is 0.0344. The smallest absolute Gasteiger partial charge is 0.393 e. The third-order valence-corrected chi connectivity index (χ3v) is 13.3. The zero-order valence-electron chi connectivity index (χ0n) is 23.8. The second kappa shape index (κ2) is 10.6. The number of benzene rings is 1. The maximum atomic E-state index is 12.8. The zero-order chi connectivity index (χ0) is 29.1. The van der Waals surface area contributed by atoms with E-state index in [-0.39, 0.29) is 28.8 Å². The van der Waals surface area contributed by atoms with Gasteiger partial charge in [-0.25, -0.2) is 13.1 Å². The molecule has 1 amide bonds. The largest absolute Gasteiger partial charge is 0.416 e. The molecule has 9 heteroatoms. The molecule has 0 heterocycles. The van der Waals surface area contributed by atoms with Gasteiger partial charge in [-0.05, 0) is 122 Å². The van der Waals surface area contributed by atoms with Crippen molar-refractivity contribution in [3.63, 3.8) is 0 Å². The standard InChI is InChI=1S/C31H44F3NO4S/c1-19(7-14-27(37)35-40(38,39)22-10-8-20(9-11-22)31(32,33)34)23-12-13-24-28-25(15-17-30(23,24)3)29(2)16-5-4-6-21(29)18-26(28)36/h8-11,19,21,23-26,28,36H,4-7,12-18H2,1-3H3,(H,35,37)/t19-,21+,23-,24?,25?,26+,28?,29+,30-/m1/s1. The number of sulfonamides is 1. The number of aliphatic hydroxyl groups is 1. The van der Waals surface area contributed by atoms with Gasteiger partial charge in [0.2, 0.25) is 5.91 Å². The van der Waals surface area contributed by atoms with E-state index in [0.717, 1.165) is 44.2 Å². The fourth-order valence-corrected chi connectivity index (χ4v) is 10.9. The summed E-state index contributed by atoms with van der Waals surface area (Å²) in [5.74, 6) is 2.00. The predicted molar refractivity (Wildman–Crippen MR) is 146 cm³/mol. The molecule has 0 spiro atoms. The van der Waals surface area contributed by atoms with Gasteiger partial charge in [0, 0.05) is 6.42 Å². The summed E-state index contributed by atoms with van der Waals surface area (Å²) in [6.45, 7) is 7.03. The molecule has 1 aromatic carbocycles. The zero-order valence-corrected chi connectivity index (χ0v) is 24.7. The Balaban J connectivity index is 1.21. The van der Waals surface area contributed by atoms with Gasteiger partial charge < -0.3 is 5.11 Å². The minimum atomic E-state index is -4.57. The average Bonchev–Trinajstić information content (AvgIpc) is 3.24. The molecule has 3 unspecified atom stereocenters. The minimum Gasteiger partial charge on any atom is -0.393 e. The van der Waals surface area contributed by atoms with Crippen LogP contribution in [0.15, 0.2) is 29.2 Å². The number of alkyl halides is 3. The Morgan fingerprint density at radius 3 is 2.38 bits per heavy atom. The molecule has 4 fully saturated rings. The van der Waals surface area contributed by atoms with Crippen LogP contribution < -0.4 is 4.72 Å². The summed E-state index contributed by atoms with van der Waals surface area (Å²) in [6, 6.07) is 3.13. The Morgan fingerprint density at radius 2 is 1.70 bits per heavy atom. The molecule has 4 saturated carbocycles. The SMILES string of the molecule is C[C@H](CCC(=O)NS(=O)(=O)c1ccc(C(F)(F)F)cc1)[C@H]1CCC2C3C(CC[C@@]21C)[C@@]1(C)CCCC[C@H]1C[C@@H]3O. The quantitative estimate of drug-likeness (QED) is 0.380. The molecular weight excluding hydrogens is 539 g/mol. The van der Waals surface area contributed by atoms with Gasteiger partial charge in [-0.15, -0.1) is 0 Å². The van der Waals surface area contributed by atoms with Crippen molar-refractivity contribution in [1.82, 2.24) is 4.72 Å². The van der Waals surface area contributed by atoms with Crippen LogP contribution in [0.3, 0.4) is 0 Å². The Morgan fingerprint density at radius 1 is 1.02 bits per heavy atom. The number of halogens is 3. The lowest BCUT2D eigenvalue weighted by atomic mass is 9.44. The number of nitrogens with one attached hydrogen (secondary N) is 1. The van der Waals surface area contributed by atoms with E-state index >= 15 is 0 Å². The summed E-state index contributed by atoms with van der Waals surface area (Å²) in [5, 5.41) is 11.4. The summed E-state index contributed by atoms with van der Waals surface area (Å²) in [5.41, 5.74) is -0.510. The third-order valence-electron chi connectivity index (χ3n) is 11.9. The number of rotatable bonds is 6. The van der Waals surface area contributed by atoms with E-state index in [2.05, 4.69) is 20.8 Å². The fourth-order valence-electron chi connectivity index (χ4n) is 9.87. The van der Waals surface area contributed by atoms with Gasteiger partial charge in [-0.3, -0.25) is 4.79 Å². The molecule has 2 N–H and O–H groups in total. The lowest BCUT2D eigenvalue weighted by molar-refractivity contribution is -0.164. The van der Waals surface area contributed by atoms with Crippen molar-refractivity contribution < 1.29 is 31.5 Å². The Hall–Kier alpha value is -1.61. The Bertz CT molecular complexity index is 1200. The van der Waals surface area contributed by atoms with Crippen molar-refractivity contribution >= 4 is 15.9 Å². The highest BCUT2D eigenvalue weighted by Gasteiger charge is 2.62. The van der Waals surface area contributed by atoms with Gasteiger partial charge in [0.1, 0.15) is 0 Å². The number of hydrogen-bond acceptors (Lipinski definition) is 4. The van der Waals surface area contributed by atoms with Gasteiger partial charge in [0.05, 0.1) is 16.6 Å². The molecule has 5 nitrogen and oxygen atoms in total. The van der Waals surface area contributed by atoms with Crippen LogP contribution >= 0.6 is 0 Å². The molecule has 0 aromatic heterocycles. The van der Waals surface area contributed by atoms with E-state index in [1.807, 2.05) is 4.72 Å². The number of fused-ring (bicyclic) bond motifs is 5. The fraction of sp³-hybridized carbons (Fsp3) is 0.774. The molecule has 0 aliphatic heterocycles. The lowest BCUT2D eigenvalue weighted by Gasteiger charge is -2.62. The summed E-state index contributed by atoms with van der Waals surface area (Å²) in [6.07, 6.45) is 6.24. The molecule has 40 heavy (non-hydrogen) atoms. The van der Waals surface area contributed by atoms with E-state index in [1.54, 1.807) is 0 Å². The van der Waals surface area contributed by atoms with Crippen molar-refractivity contribution in [2.45, 2.75) is 109 Å². The van der Waals surface area contributed by atoms with Gasteiger partial charge >= 0.3 is 6.18 Å². The topological polar surface area (TPSA) is 83.5 Å². The maximum absolute atomic E-state index is 12.8. The molecule has 4 aliphatic rings. The Labute approximate surface area is 236 Å². The molecule has 0 saturated heterocycles. The molecule has 0 radical (unpaired) electrons. The van der Waals surface area contributed by atoms with Crippen LogP contribution in [0.5, 0.6) is 0 Å². The molecular formula is C31H44F3NO4S. The first-order chi connectivity index (χ1) is 18.7. The highest BCUT2D eigenvalue weighted by Crippen LogP contribution is 2.68. The highest BCUT2D eigenvalue weighted by molar-refractivity contribution is 7.90. The summed E-state index contributed by atoms with van der Waals surface area (Å²) in [4.78, 5) is 12.3. The number of carbonyl (C=O) groups excluding carboxylic acids is 1. The highest BCUT2D eigenvalue weighted by atomic mass is 32.2. The van der Waals surface area contributed by atoms with Gasteiger partial charge in [-0.2, -0.15) is 13.2 Å². The molecule has 1 aromatic rings. The first kappa shape index (κ1) is 29.9. The molecule has 224 valence electrons. The number of carbonyl (C=O) groups is 1. The van der Waals surface area contributed by atoms with Crippen molar-refractivity contribution in [2.24, 2.45) is 46.3 Å². The third kappa shape index (κ3) is 5.23. The van der Waals surface area contributed by atoms with Crippen molar-refractivity contribution in [3.8, 4) is 0 Å². The molecule has 5 rings (SSSR count). The van der Waals surface area contributed by atoms with E-state index in [9.17, 15) is 31.5 Å². The monoisotopic (exact) mass is 583 g/mol. The average molecular weight is 584 g/mol. The lowest BCUT2D eigenvalue weighted by Crippen LogP contribution is -2.57. The normalized spacial score (nSPS) is 38.6. The second-order valence-corrected chi connectivity index (χ2v) is 15.5. The molecule has 9 atom stereocenters. The van der Waals surface area contributed by atoms with E-state index < -0.39 is 27.7 Å². The van der Waals surface area contributed by atoms with Crippen LogP contribution in [0.4, 0.5) is 13.2 Å². The molecule has 0 bridgehead atoms. The van der Waals surface area contributed by atoms with Crippen LogP contribution in [0, 0.1) is 46.3 Å². The van der Waals surface area contributed by atoms with Crippen molar-refractivity contribution in [1.29, 1.82) is 0 Å². The summed E-state index contributed by atoms with van der Waals surface area (Å²) < 4.78 is 65.7. The summed E-state index contributed by atoms with van der Waals surface area (Å²) >= 11 is 0. The maximum Gasteiger partial charge on any atom is 0.416 e. The van der Waals surface area contributed by atoms with Crippen LogP contribution in [0.1, 0.15) is 97.0 Å². The van der Waals surface area contributed by atoms with Crippen LogP contribution in [0.25, 0.3) is 0 Å². The van der Waals surface area contributed by atoms with Crippen LogP contribution in [0.2, 0.25) is 0 Å². The number of hydrogen-bond donors (Lipinski definition) is 2. The van der Waals surface area contributed by atoms with Crippen molar-refractivity contribution in [3.05, 3.63) is 29.8 Å².